The Balaban J connectivity index is 2.90. The maximum atomic E-state index is 12.0. The van der Waals surface area contributed by atoms with Crippen LogP contribution in [0.5, 0.6) is 0 Å². The topological polar surface area (TPSA) is 59.0 Å². The molecular weight excluding hydrogens is 228 g/mol. The fourth-order valence-electron chi connectivity index (χ4n) is 1.75. The van der Waals surface area contributed by atoms with E-state index in [4.69, 9.17) is 0 Å². The van der Waals surface area contributed by atoms with Gasteiger partial charge in [0, 0.05) is 6.54 Å². The third kappa shape index (κ3) is 3.10. The molecule has 0 aliphatic heterocycles. The molecule has 0 radical (unpaired) electrons. The van der Waals surface area contributed by atoms with Gasteiger partial charge in [0.25, 0.3) is 0 Å². The minimum absolute atomic E-state index is 0.0306. The molecule has 1 heterocycles. The molecule has 1 rings (SSSR count). The van der Waals surface area contributed by atoms with E-state index in [0.29, 0.717) is 6.54 Å². The number of aromatic nitrogens is 2. The minimum Gasteiger partial charge on any atom is -0.354 e. The summed E-state index contributed by atoms with van der Waals surface area (Å²) in [7, 11) is 1.90. The van der Waals surface area contributed by atoms with Crippen molar-refractivity contribution in [3.8, 4) is 0 Å². The molecule has 0 bridgehead atoms. The Morgan fingerprint density at radius 1 is 1.56 bits per heavy atom. The van der Waals surface area contributed by atoms with E-state index in [0.717, 1.165) is 12.1 Å². The van der Waals surface area contributed by atoms with E-state index in [2.05, 4.69) is 29.5 Å². The highest BCUT2D eigenvalue weighted by molar-refractivity contribution is 5.79. The average Bonchev–Trinajstić information content (AvgIpc) is 2.84. The smallest absolute Gasteiger partial charge is 0.242 e. The molecule has 0 aliphatic carbocycles. The van der Waals surface area contributed by atoms with Crippen LogP contribution in [0.25, 0.3) is 0 Å². The van der Waals surface area contributed by atoms with Crippen molar-refractivity contribution in [2.45, 2.75) is 45.7 Å². The summed E-state index contributed by atoms with van der Waals surface area (Å²) in [4.78, 5) is 16.2. The van der Waals surface area contributed by atoms with Crippen LogP contribution in [-0.4, -0.2) is 29.1 Å². The number of nitrogens with one attached hydrogen (secondary N) is 2. The third-order valence-corrected chi connectivity index (χ3v) is 3.28. The molecule has 0 saturated carbocycles. The Labute approximate surface area is 109 Å². The summed E-state index contributed by atoms with van der Waals surface area (Å²) >= 11 is 0. The van der Waals surface area contributed by atoms with Crippen molar-refractivity contribution in [3.63, 3.8) is 0 Å². The molecule has 0 aliphatic rings. The molecule has 102 valence electrons. The van der Waals surface area contributed by atoms with E-state index in [-0.39, 0.29) is 17.5 Å². The van der Waals surface area contributed by atoms with Gasteiger partial charge in [-0.2, -0.15) is 0 Å². The molecule has 1 aromatic heterocycles. The number of hydrogen-bond donors (Lipinski definition) is 2. The number of carbonyl (C=O) groups is 1. The summed E-state index contributed by atoms with van der Waals surface area (Å²) in [5, 5.41) is 6.14. The SMILES string of the molecule is CCCNC(=O)C(C)n1cncc1C(C)(C)NC. The van der Waals surface area contributed by atoms with Crippen molar-refractivity contribution in [1.82, 2.24) is 20.2 Å². The number of rotatable bonds is 6. The highest BCUT2D eigenvalue weighted by Gasteiger charge is 2.26. The van der Waals surface area contributed by atoms with Gasteiger partial charge in [0.1, 0.15) is 6.04 Å². The second kappa shape index (κ2) is 6.00. The summed E-state index contributed by atoms with van der Waals surface area (Å²) in [6.45, 7) is 8.77. The number of nitrogens with zero attached hydrogens (tertiary/aromatic N) is 2. The fraction of sp³-hybridized carbons (Fsp3) is 0.692. The van der Waals surface area contributed by atoms with Gasteiger partial charge in [0.15, 0.2) is 0 Å². The van der Waals surface area contributed by atoms with Gasteiger partial charge in [0.05, 0.1) is 23.8 Å². The average molecular weight is 252 g/mol. The summed E-state index contributed by atoms with van der Waals surface area (Å²) in [6, 6.07) is -0.248. The van der Waals surface area contributed by atoms with E-state index in [1.165, 1.54) is 0 Å². The van der Waals surface area contributed by atoms with E-state index in [9.17, 15) is 4.79 Å². The van der Waals surface area contributed by atoms with Crippen LogP contribution < -0.4 is 10.6 Å². The number of amides is 1. The van der Waals surface area contributed by atoms with Gasteiger partial charge in [-0.15, -0.1) is 0 Å². The van der Waals surface area contributed by atoms with Gasteiger partial charge in [-0.05, 0) is 34.2 Å². The first-order valence-corrected chi connectivity index (χ1v) is 6.43. The molecule has 0 fully saturated rings. The molecule has 2 N–H and O–H groups in total. The fourth-order valence-corrected chi connectivity index (χ4v) is 1.75. The van der Waals surface area contributed by atoms with E-state index >= 15 is 0 Å². The van der Waals surface area contributed by atoms with Crippen molar-refractivity contribution in [2.24, 2.45) is 0 Å². The van der Waals surface area contributed by atoms with Crippen molar-refractivity contribution in [1.29, 1.82) is 0 Å². The lowest BCUT2D eigenvalue weighted by Gasteiger charge is -2.27. The van der Waals surface area contributed by atoms with Gasteiger partial charge in [-0.1, -0.05) is 6.92 Å². The second-order valence-corrected chi connectivity index (χ2v) is 5.03. The van der Waals surface area contributed by atoms with Crippen molar-refractivity contribution < 1.29 is 4.79 Å². The largest absolute Gasteiger partial charge is 0.354 e. The Kier molecular flexibility index (Phi) is 4.90. The Morgan fingerprint density at radius 3 is 2.78 bits per heavy atom. The van der Waals surface area contributed by atoms with Crippen molar-refractivity contribution in [2.75, 3.05) is 13.6 Å². The zero-order valence-corrected chi connectivity index (χ0v) is 11.9. The Morgan fingerprint density at radius 2 is 2.22 bits per heavy atom. The van der Waals surface area contributed by atoms with E-state index in [1.54, 1.807) is 12.5 Å². The van der Waals surface area contributed by atoms with E-state index in [1.807, 2.05) is 25.5 Å². The van der Waals surface area contributed by atoms with Crippen LogP contribution in [-0.2, 0) is 10.3 Å². The predicted molar refractivity (Wildman–Crippen MR) is 72.3 cm³/mol. The molecule has 1 unspecified atom stereocenters. The minimum atomic E-state index is -0.248. The number of carbonyl (C=O) groups excluding carboxylic acids is 1. The van der Waals surface area contributed by atoms with Gasteiger partial charge in [0.2, 0.25) is 5.91 Å². The summed E-state index contributed by atoms with van der Waals surface area (Å²) < 4.78 is 1.92. The lowest BCUT2D eigenvalue weighted by Crippen LogP contribution is -2.38. The quantitative estimate of drug-likeness (QED) is 0.805. The Bertz CT molecular complexity index is 397. The molecule has 5 nitrogen and oxygen atoms in total. The standard InChI is InChI=1S/C13H24N4O/c1-6-7-16-12(18)10(2)17-9-15-8-11(17)13(3,4)14-5/h8-10,14H,6-7H2,1-5H3,(H,16,18). The van der Waals surface area contributed by atoms with Crippen molar-refractivity contribution >= 4 is 5.91 Å². The molecule has 0 saturated heterocycles. The van der Waals surface area contributed by atoms with Crippen LogP contribution in [0.1, 0.15) is 45.9 Å². The lowest BCUT2D eigenvalue weighted by atomic mass is 10.0. The zero-order valence-electron chi connectivity index (χ0n) is 11.9. The highest BCUT2D eigenvalue weighted by Crippen LogP contribution is 2.22. The van der Waals surface area contributed by atoms with Gasteiger partial charge < -0.3 is 15.2 Å². The normalized spacial score (nSPS) is 13.4. The maximum Gasteiger partial charge on any atom is 0.242 e. The molecule has 0 aromatic carbocycles. The van der Waals surface area contributed by atoms with Crippen molar-refractivity contribution in [3.05, 3.63) is 18.2 Å². The monoisotopic (exact) mass is 252 g/mol. The summed E-state index contributed by atoms with van der Waals surface area (Å²) in [5.41, 5.74) is 0.791. The molecule has 1 amide bonds. The number of hydrogen-bond acceptors (Lipinski definition) is 3. The zero-order chi connectivity index (χ0) is 13.8. The van der Waals surface area contributed by atoms with Crippen LogP contribution in [0.15, 0.2) is 12.5 Å². The van der Waals surface area contributed by atoms with E-state index < -0.39 is 0 Å². The van der Waals surface area contributed by atoms with Crippen LogP contribution >= 0.6 is 0 Å². The summed E-state index contributed by atoms with van der Waals surface area (Å²) in [6.07, 6.45) is 4.46. The molecular formula is C13H24N4O. The first-order chi connectivity index (χ1) is 8.44. The first kappa shape index (κ1) is 14.7. The number of imidazole rings is 1. The van der Waals surface area contributed by atoms with Gasteiger partial charge in [-0.3, -0.25) is 4.79 Å². The lowest BCUT2D eigenvalue weighted by molar-refractivity contribution is -0.123. The first-order valence-electron chi connectivity index (χ1n) is 6.43. The van der Waals surface area contributed by atoms with Crippen LogP contribution in [0.2, 0.25) is 0 Å². The van der Waals surface area contributed by atoms with Crippen LogP contribution in [0.3, 0.4) is 0 Å². The highest BCUT2D eigenvalue weighted by atomic mass is 16.2. The molecule has 1 aromatic rings. The summed E-state index contributed by atoms with van der Waals surface area (Å²) in [5.74, 6) is 0.0306. The second-order valence-electron chi connectivity index (χ2n) is 5.03. The predicted octanol–water partition coefficient (Wildman–Crippen LogP) is 1.42. The van der Waals surface area contributed by atoms with Crippen LogP contribution in [0, 0.1) is 0 Å². The molecule has 5 heteroatoms. The maximum absolute atomic E-state index is 12.0. The van der Waals surface area contributed by atoms with Gasteiger partial charge in [-0.25, -0.2) is 4.98 Å². The Hall–Kier alpha value is -1.36. The molecule has 0 spiro atoms. The molecule has 18 heavy (non-hydrogen) atoms. The van der Waals surface area contributed by atoms with Gasteiger partial charge >= 0.3 is 0 Å². The molecule has 1 atom stereocenters. The third-order valence-electron chi connectivity index (χ3n) is 3.28. The van der Waals surface area contributed by atoms with Crippen LogP contribution in [0.4, 0.5) is 0 Å².